The first-order chi connectivity index (χ1) is 17.6. The molecule has 6 nitrogen and oxygen atoms in total. The normalized spacial score (nSPS) is 15.0. The minimum absolute atomic E-state index is 0.209. The Balaban J connectivity index is 1.62. The highest BCUT2D eigenvalue weighted by Crippen LogP contribution is 2.31. The summed E-state index contributed by atoms with van der Waals surface area (Å²) in [6, 6.07) is 24.5. The van der Waals surface area contributed by atoms with E-state index in [-0.39, 0.29) is 6.04 Å². The molecule has 0 spiro atoms. The third-order valence-electron chi connectivity index (χ3n) is 6.47. The SMILES string of the molecule is Cc1ccc(Nc2cc3nc4ccccc4n(-c4cccc(Cl)c4)c-3c/c2=N\C2CCOCC2)cn1. The van der Waals surface area contributed by atoms with Crippen molar-refractivity contribution in [3.8, 4) is 17.1 Å². The van der Waals surface area contributed by atoms with Crippen molar-refractivity contribution < 1.29 is 4.74 Å². The van der Waals surface area contributed by atoms with Gasteiger partial charge in [0, 0.05) is 29.6 Å². The van der Waals surface area contributed by atoms with E-state index in [2.05, 4.69) is 39.1 Å². The van der Waals surface area contributed by atoms with Crippen LogP contribution in [0.15, 0.2) is 84.0 Å². The van der Waals surface area contributed by atoms with Crippen LogP contribution >= 0.6 is 11.6 Å². The Morgan fingerprint density at radius 3 is 2.67 bits per heavy atom. The maximum atomic E-state index is 6.41. The summed E-state index contributed by atoms with van der Waals surface area (Å²) in [5.41, 5.74) is 7.51. The number of aryl methyl sites for hydroxylation is 1. The van der Waals surface area contributed by atoms with Crippen molar-refractivity contribution in [2.45, 2.75) is 25.8 Å². The highest BCUT2D eigenvalue weighted by Gasteiger charge is 2.18. The number of halogens is 1. The zero-order valence-electron chi connectivity index (χ0n) is 20.0. The molecule has 1 aromatic heterocycles. The fourth-order valence-corrected chi connectivity index (χ4v) is 4.83. The molecular formula is C29H26ClN5O. The molecule has 2 aromatic carbocycles. The van der Waals surface area contributed by atoms with Crippen molar-refractivity contribution >= 4 is 34.0 Å². The third-order valence-corrected chi connectivity index (χ3v) is 6.70. The van der Waals surface area contributed by atoms with Crippen molar-refractivity contribution in [3.05, 3.63) is 95.1 Å². The van der Waals surface area contributed by atoms with Gasteiger partial charge in [-0.2, -0.15) is 0 Å². The number of nitrogens with zero attached hydrogens (tertiary/aromatic N) is 4. The number of para-hydroxylation sites is 2. The lowest BCUT2D eigenvalue weighted by molar-refractivity contribution is 0.0864. The Morgan fingerprint density at radius 1 is 1.00 bits per heavy atom. The van der Waals surface area contributed by atoms with Crippen LogP contribution in [0.25, 0.3) is 28.1 Å². The quantitative estimate of drug-likeness (QED) is 0.297. The minimum Gasteiger partial charge on any atom is -0.381 e. The van der Waals surface area contributed by atoms with Gasteiger partial charge in [-0.3, -0.25) is 9.98 Å². The molecule has 2 aliphatic heterocycles. The summed E-state index contributed by atoms with van der Waals surface area (Å²) in [4.78, 5) is 14.6. The van der Waals surface area contributed by atoms with Gasteiger partial charge in [-0.25, -0.2) is 4.98 Å². The van der Waals surface area contributed by atoms with Crippen molar-refractivity contribution in [1.29, 1.82) is 0 Å². The minimum atomic E-state index is 0.209. The molecule has 0 radical (unpaired) electrons. The Hall–Kier alpha value is -3.74. The first-order valence-corrected chi connectivity index (χ1v) is 12.5. The number of hydrogen-bond acceptors (Lipinski definition) is 5. The lowest BCUT2D eigenvalue weighted by Crippen LogP contribution is -2.23. The van der Waals surface area contributed by atoms with Crippen LogP contribution in [0.2, 0.25) is 5.02 Å². The molecule has 180 valence electrons. The molecule has 0 bridgehead atoms. The lowest BCUT2D eigenvalue weighted by Gasteiger charge is -2.22. The molecule has 0 atom stereocenters. The number of rotatable bonds is 4. The fourth-order valence-electron chi connectivity index (χ4n) is 4.65. The van der Waals surface area contributed by atoms with E-state index in [4.69, 9.17) is 26.3 Å². The van der Waals surface area contributed by atoms with Crippen molar-refractivity contribution in [1.82, 2.24) is 14.5 Å². The van der Waals surface area contributed by atoms with Crippen LogP contribution in [0.4, 0.5) is 11.4 Å². The molecule has 0 saturated carbocycles. The van der Waals surface area contributed by atoms with E-state index < -0.39 is 0 Å². The van der Waals surface area contributed by atoms with Gasteiger partial charge in [-0.15, -0.1) is 0 Å². The van der Waals surface area contributed by atoms with Gasteiger partial charge >= 0.3 is 0 Å². The van der Waals surface area contributed by atoms with Crippen LogP contribution < -0.4 is 10.7 Å². The number of ether oxygens (including phenoxy) is 1. The van der Waals surface area contributed by atoms with Crippen molar-refractivity contribution in [2.24, 2.45) is 4.99 Å². The van der Waals surface area contributed by atoms with Gasteiger partial charge in [0.25, 0.3) is 0 Å². The average Bonchev–Trinajstić information content (AvgIpc) is 2.90. The lowest BCUT2D eigenvalue weighted by atomic mass is 10.1. The molecule has 1 N–H and O–H groups in total. The molecular weight excluding hydrogens is 470 g/mol. The van der Waals surface area contributed by atoms with E-state index in [0.29, 0.717) is 5.02 Å². The number of anilines is 2. The number of benzene rings is 3. The first kappa shape index (κ1) is 22.7. The van der Waals surface area contributed by atoms with Gasteiger partial charge in [-0.05, 0) is 74.4 Å². The number of nitrogens with one attached hydrogen (secondary N) is 1. The van der Waals surface area contributed by atoms with Crippen LogP contribution in [-0.4, -0.2) is 33.8 Å². The van der Waals surface area contributed by atoms with Gasteiger partial charge in [0.05, 0.1) is 51.4 Å². The molecule has 6 rings (SSSR count). The van der Waals surface area contributed by atoms with E-state index in [0.717, 1.165) is 76.6 Å². The third kappa shape index (κ3) is 4.57. The fraction of sp³-hybridized carbons (Fsp3) is 0.207. The van der Waals surface area contributed by atoms with Gasteiger partial charge < -0.3 is 14.6 Å². The molecule has 0 unspecified atom stereocenters. The van der Waals surface area contributed by atoms with Gasteiger partial charge in [-0.1, -0.05) is 29.8 Å². The maximum Gasteiger partial charge on any atom is 0.0900 e. The van der Waals surface area contributed by atoms with Crippen LogP contribution in [0.1, 0.15) is 18.5 Å². The highest BCUT2D eigenvalue weighted by atomic mass is 35.5. The first-order valence-electron chi connectivity index (χ1n) is 12.2. The molecule has 1 fully saturated rings. The second kappa shape index (κ2) is 9.72. The van der Waals surface area contributed by atoms with Crippen LogP contribution in [-0.2, 0) is 4.74 Å². The summed E-state index contributed by atoms with van der Waals surface area (Å²) in [6.45, 7) is 3.46. The zero-order chi connectivity index (χ0) is 24.5. The van der Waals surface area contributed by atoms with Crippen molar-refractivity contribution in [3.63, 3.8) is 0 Å². The standard InChI is InChI=1S/C29H26ClN5O/c1-19-9-10-22(18-31-19)33-25-16-27-29(17-26(25)32-21-11-13-36-14-12-21)35(23-6-4-5-20(30)15-23)28-8-3-2-7-24(28)34-27/h2-10,15-18,21,33H,11-14H2,1H3/b32-26+. The van der Waals surface area contributed by atoms with Crippen LogP contribution in [0.5, 0.6) is 0 Å². The van der Waals surface area contributed by atoms with E-state index in [1.165, 1.54) is 0 Å². The maximum absolute atomic E-state index is 6.41. The Bertz CT molecular complexity index is 1570. The Morgan fingerprint density at radius 2 is 1.86 bits per heavy atom. The summed E-state index contributed by atoms with van der Waals surface area (Å²) in [5, 5.41) is 5.12. The molecule has 3 heterocycles. The molecule has 0 amide bonds. The molecule has 1 saturated heterocycles. The molecule has 3 aromatic rings. The summed E-state index contributed by atoms with van der Waals surface area (Å²) in [7, 11) is 0. The van der Waals surface area contributed by atoms with Gasteiger partial charge in [0.2, 0.25) is 0 Å². The number of pyridine rings is 1. The van der Waals surface area contributed by atoms with Gasteiger partial charge in [0.15, 0.2) is 0 Å². The van der Waals surface area contributed by atoms with E-state index in [1.54, 1.807) is 0 Å². The number of hydrogen-bond donors (Lipinski definition) is 1. The molecule has 3 aliphatic rings. The monoisotopic (exact) mass is 495 g/mol. The largest absolute Gasteiger partial charge is 0.381 e. The summed E-state index contributed by atoms with van der Waals surface area (Å²) in [6.07, 6.45) is 3.67. The average molecular weight is 496 g/mol. The summed E-state index contributed by atoms with van der Waals surface area (Å²) >= 11 is 6.41. The molecule has 7 heteroatoms. The van der Waals surface area contributed by atoms with Gasteiger partial charge in [0.1, 0.15) is 0 Å². The number of aromatic nitrogens is 3. The predicted molar refractivity (Wildman–Crippen MR) is 144 cm³/mol. The highest BCUT2D eigenvalue weighted by molar-refractivity contribution is 6.30. The summed E-state index contributed by atoms with van der Waals surface area (Å²) in [5.74, 6) is 0. The second-order valence-corrected chi connectivity index (χ2v) is 9.50. The topological polar surface area (TPSA) is 64.3 Å². The molecule has 36 heavy (non-hydrogen) atoms. The zero-order valence-corrected chi connectivity index (χ0v) is 20.7. The van der Waals surface area contributed by atoms with Crippen LogP contribution in [0.3, 0.4) is 0 Å². The second-order valence-electron chi connectivity index (χ2n) is 9.06. The molecule has 1 aliphatic carbocycles. The number of fused-ring (bicyclic) bond motifs is 2. The Labute approximate surface area is 214 Å². The van der Waals surface area contributed by atoms with E-state index in [1.807, 2.05) is 61.7 Å². The van der Waals surface area contributed by atoms with E-state index >= 15 is 0 Å². The summed E-state index contributed by atoms with van der Waals surface area (Å²) < 4.78 is 7.78. The smallest absolute Gasteiger partial charge is 0.0900 e. The van der Waals surface area contributed by atoms with E-state index in [9.17, 15) is 0 Å². The Kier molecular flexibility index (Phi) is 6.13. The van der Waals surface area contributed by atoms with Crippen molar-refractivity contribution in [2.75, 3.05) is 18.5 Å². The predicted octanol–water partition coefficient (Wildman–Crippen LogP) is 6.31. The van der Waals surface area contributed by atoms with Crippen LogP contribution in [0, 0.1) is 6.92 Å².